The average molecular weight is 413 g/mol. The molecule has 0 aliphatic rings. The van der Waals surface area contributed by atoms with E-state index in [9.17, 15) is 14.0 Å². The molecule has 8 heteroatoms. The molecule has 2 aromatic carbocycles. The van der Waals surface area contributed by atoms with Crippen LogP contribution in [-0.2, 0) is 0 Å². The molecule has 1 aromatic heterocycles. The second-order valence-corrected chi connectivity index (χ2v) is 7.17. The van der Waals surface area contributed by atoms with Crippen molar-refractivity contribution in [3.63, 3.8) is 0 Å². The molecule has 0 aliphatic heterocycles. The van der Waals surface area contributed by atoms with E-state index in [2.05, 4.69) is 16.0 Å². The van der Waals surface area contributed by atoms with Gasteiger partial charge in [-0.1, -0.05) is 18.2 Å². The van der Waals surface area contributed by atoms with Crippen LogP contribution in [0.4, 0.5) is 20.6 Å². The number of hydrogen-bond donors (Lipinski definition) is 3. The Morgan fingerprint density at radius 2 is 1.79 bits per heavy atom. The first-order valence-electron chi connectivity index (χ1n) is 8.82. The van der Waals surface area contributed by atoms with Gasteiger partial charge in [0, 0.05) is 11.4 Å². The van der Waals surface area contributed by atoms with Crippen LogP contribution in [0.25, 0.3) is 0 Å². The molecule has 1 atom stereocenters. The maximum Gasteiger partial charge on any atom is 0.319 e. The predicted octanol–water partition coefficient (Wildman–Crippen LogP) is 5.03. The first kappa shape index (κ1) is 20.3. The minimum absolute atomic E-state index is 0.145. The van der Waals surface area contributed by atoms with Gasteiger partial charge in [-0.15, -0.1) is 11.3 Å². The van der Waals surface area contributed by atoms with Crippen molar-refractivity contribution < 1.29 is 18.7 Å². The Morgan fingerprint density at radius 3 is 2.45 bits per heavy atom. The number of urea groups is 1. The van der Waals surface area contributed by atoms with Gasteiger partial charge in [0.15, 0.2) is 11.6 Å². The number of carbonyl (C=O) groups excluding carboxylic acids is 2. The van der Waals surface area contributed by atoms with Crippen LogP contribution in [0.2, 0.25) is 0 Å². The highest BCUT2D eigenvalue weighted by atomic mass is 32.1. The van der Waals surface area contributed by atoms with Gasteiger partial charge in [0.25, 0.3) is 5.91 Å². The molecule has 0 bridgehead atoms. The lowest BCUT2D eigenvalue weighted by atomic mass is 10.1. The molecule has 150 valence electrons. The van der Waals surface area contributed by atoms with E-state index in [1.54, 1.807) is 49.4 Å². The standard InChI is InChI=1S/C21H20FN3O3S/c1-13(14-8-9-18(28-2)17(22)11-14)23-21(27)25-16-6-3-5-15(12-16)24-20(26)19-7-4-10-29-19/h3-13H,1-2H3,(H,24,26)(H2,23,25,27). The minimum atomic E-state index is -0.492. The zero-order chi connectivity index (χ0) is 20.8. The third-order valence-corrected chi connectivity index (χ3v) is 5.02. The molecule has 0 radical (unpaired) electrons. The molecule has 6 nitrogen and oxygen atoms in total. The molecule has 1 unspecified atom stereocenters. The molecule has 3 amide bonds. The molecule has 3 aromatic rings. The molecule has 0 saturated heterocycles. The second kappa shape index (κ2) is 9.20. The van der Waals surface area contributed by atoms with E-state index < -0.39 is 17.9 Å². The fourth-order valence-electron chi connectivity index (χ4n) is 2.67. The summed E-state index contributed by atoms with van der Waals surface area (Å²) in [5, 5.41) is 10.1. The number of rotatable bonds is 6. The summed E-state index contributed by atoms with van der Waals surface area (Å²) in [5.41, 5.74) is 1.68. The Hall–Kier alpha value is -3.39. The van der Waals surface area contributed by atoms with Crippen LogP contribution in [-0.4, -0.2) is 19.0 Å². The van der Waals surface area contributed by atoms with Gasteiger partial charge in [0.2, 0.25) is 0 Å². The molecule has 0 aliphatic carbocycles. The molecule has 1 heterocycles. The van der Waals surface area contributed by atoms with Crippen LogP contribution in [0.1, 0.15) is 28.2 Å². The van der Waals surface area contributed by atoms with Crippen LogP contribution >= 0.6 is 11.3 Å². The van der Waals surface area contributed by atoms with Gasteiger partial charge in [0.1, 0.15) is 0 Å². The quantitative estimate of drug-likeness (QED) is 0.530. The smallest absolute Gasteiger partial charge is 0.319 e. The van der Waals surface area contributed by atoms with Crippen LogP contribution in [0.15, 0.2) is 60.0 Å². The Labute approximate surface area is 171 Å². The van der Waals surface area contributed by atoms with Crippen molar-refractivity contribution in [2.24, 2.45) is 0 Å². The maximum atomic E-state index is 13.9. The summed E-state index contributed by atoms with van der Waals surface area (Å²) in [6, 6.07) is 14.0. The Kier molecular flexibility index (Phi) is 6.46. The normalized spacial score (nSPS) is 11.4. The van der Waals surface area contributed by atoms with Gasteiger partial charge in [0.05, 0.1) is 18.0 Å². The molecule has 3 rings (SSSR count). The van der Waals surface area contributed by atoms with E-state index in [1.807, 2.05) is 5.38 Å². The van der Waals surface area contributed by atoms with Crippen LogP contribution in [0, 0.1) is 5.82 Å². The van der Waals surface area contributed by atoms with Gasteiger partial charge in [-0.2, -0.15) is 0 Å². The van der Waals surface area contributed by atoms with E-state index in [0.29, 0.717) is 21.8 Å². The maximum absolute atomic E-state index is 13.9. The predicted molar refractivity (Wildman–Crippen MR) is 112 cm³/mol. The third kappa shape index (κ3) is 5.32. The highest BCUT2D eigenvalue weighted by molar-refractivity contribution is 7.12. The number of ether oxygens (including phenoxy) is 1. The van der Waals surface area contributed by atoms with E-state index in [0.717, 1.165) is 0 Å². The van der Waals surface area contributed by atoms with Crippen molar-refractivity contribution in [1.82, 2.24) is 5.32 Å². The monoisotopic (exact) mass is 413 g/mol. The molecular weight excluding hydrogens is 393 g/mol. The number of amides is 3. The SMILES string of the molecule is COc1ccc(C(C)NC(=O)Nc2cccc(NC(=O)c3cccs3)c2)cc1F. The van der Waals surface area contributed by atoms with E-state index in [1.165, 1.54) is 30.6 Å². The molecule has 0 fully saturated rings. The van der Waals surface area contributed by atoms with Crippen LogP contribution < -0.4 is 20.7 Å². The third-order valence-electron chi connectivity index (χ3n) is 4.15. The number of hydrogen-bond acceptors (Lipinski definition) is 4. The van der Waals surface area contributed by atoms with Crippen molar-refractivity contribution in [3.05, 3.63) is 76.2 Å². The van der Waals surface area contributed by atoms with Crippen molar-refractivity contribution in [3.8, 4) is 5.75 Å². The largest absolute Gasteiger partial charge is 0.494 e. The Balaban J connectivity index is 1.60. The molecule has 29 heavy (non-hydrogen) atoms. The molecule has 0 saturated carbocycles. The summed E-state index contributed by atoms with van der Waals surface area (Å²) in [6.07, 6.45) is 0. The Morgan fingerprint density at radius 1 is 1.03 bits per heavy atom. The highest BCUT2D eigenvalue weighted by Crippen LogP contribution is 2.22. The van der Waals surface area contributed by atoms with Crippen LogP contribution in [0.5, 0.6) is 5.75 Å². The van der Waals surface area contributed by atoms with Gasteiger partial charge in [-0.3, -0.25) is 4.79 Å². The van der Waals surface area contributed by atoms with Crippen molar-refractivity contribution in [2.75, 3.05) is 17.7 Å². The first-order chi connectivity index (χ1) is 14.0. The van der Waals surface area contributed by atoms with Crippen LogP contribution in [0.3, 0.4) is 0 Å². The summed E-state index contributed by atoms with van der Waals surface area (Å²) in [5.74, 6) is -0.559. The summed E-state index contributed by atoms with van der Waals surface area (Å²) >= 11 is 1.35. The van der Waals surface area contributed by atoms with Crippen molar-refractivity contribution in [2.45, 2.75) is 13.0 Å². The summed E-state index contributed by atoms with van der Waals surface area (Å²) in [4.78, 5) is 25.0. The molecule has 3 N–H and O–H groups in total. The first-order valence-corrected chi connectivity index (χ1v) is 9.70. The number of carbonyl (C=O) groups is 2. The number of methoxy groups -OCH3 is 1. The number of thiophene rings is 1. The van der Waals surface area contributed by atoms with Gasteiger partial charge < -0.3 is 20.7 Å². The fraction of sp³-hybridized carbons (Fsp3) is 0.143. The van der Waals surface area contributed by atoms with Gasteiger partial charge in [-0.25, -0.2) is 9.18 Å². The average Bonchev–Trinajstić information content (AvgIpc) is 3.23. The summed E-state index contributed by atoms with van der Waals surface area (Å²) < 4.78 is 18.8. The number of halogens is 1. The van der Waals surface area contributed by atoms with Gasteiger partial charge in [-0.05, 0) is 54.3 Å². The second-order valence-electron chi connectivity index (χ2n) is 6.23. The number of nitrogens with one attached hydrogen (secondary N) is 3. The minimum Gasteiger partial charge on any atom is -0.494 e. The summed E-state index contributed by atoms with van der Waals surface area (Å²) in [6.45, 7) is 1.75. The van der Waals surface area contributed by atoms with Gasteiger partial charge >= 0.3 is 6.03 Å². The fourth-order valence-corrected chi connectivity index (χ4v) is 3.29. The van der Waals surface area contributed by atoms with E-state index in [4.69, 9.17) is 4.74 Å². The van der Waals surface area contributed by atoms with E-state index >= 15 is 0 Å². The Bertz CT molecular complexity index is 1010. The lowest BCUT2D eigenvalue weighted by Crippen LogP contribution is -2.31. The highest BCUT2D eigenvalue weighted by Gasteiger charge is 2.13. The molecular formula is C21H20FN3O3S. The zero-order valence-electron chi connectivity index (χ0n) is 15.9. The van der Waals surface area contributed by atoms with Crippen molar-refractivity contribution >= 4 is 34.6 Å². The lowest BCUT2D eigenvalue weighted by molar-refractivity contribution is 0.103. The zero-order valence-corrected chi connectivity index (χ0v) is 16.7. The molecule has 0 spiro atoms. The number of benzene rings is 2. The summed E-state index contributed by atoms with van der Waals surface area (Å²) in [7, 11) is 1.39. The topological polar surface area (TPSA) is 79.5 Å². The van der Waals surface area contributed by atoms with E-state index in [-0.39, 0.29) is 11.7 Å². The lowest BCUT2D eigenvalue weighted by Gasteiger charge is -2.16. The number of anilines is 2. The van der Waals surface area contributed by atoms with Crippen molar-refractivity contribution in [1.29, 1.82) is 0 Å².